The van der Waals surface area contributed by atoms with E-state index in [0.717, 1.165) is 12.5 Å². The minimum absolute atomic E-state index is 0.283. The van der Waals surface area contributed by atoms with Gasteiger partial charge in [0, 0.05) is 12.1 Å². The van der Waals surface area contributed by atoms with Crippen molar-refractivity contribution in [2.75, 3.05) is 0 Å². The molecule has 1 fully saturated rings. The van der Waals surface area contributed by atoms with Crippen LogP contribution >= 0.6 is 0 Å². The van der Waals surface area contributed by atoms with Gasteiger partial charge in [-0.15, -0.1) is 0 Å². The molecule has 2 aromatic rings. The van der Waals surface area contributed by atoms with Crippen molar-refractivity contribution in [1.82, 2.24) is 4.72 Å². The molecule has 0 unspecified atom stereocenters. The first kappa shape index (κ1) is 19.0. The van der Waals surface area contributed by atoms with E-state index in [9.17, 15) is 27.7 Å². The quantitative estimate of drug-likeness (QED) is 0.622. The summed E-state index contributed by atoms with van der Waals surface area (Å²) >= 11 is 0. The van der Waals surface area contributed by atoms with Crippen LogP contribution in [-0.4, -0.2) is 19.2 Å². The van der Waals surface area contributed by atoms with Gasteiger partial charge in [-0.05, 0) is 43.0 Å². The van der Waals surface area contributed by atoms with E-state index in [-0.39, 0.29) is 16.1 Å². The molecule has 0 bridgehead atoms. The molecular weight excluding hydrogens is 375 g/mol. The SMILES string of the molecule is Cc1ccc([N+](=O)[O-])cc1S(=O)(=O)NC(=O)C1(c2ccc(F)cc2)CCC1. The summed E-state index contributed by atoms with van der Waals surface area (Å²) in [5, 5.41) is 10.9. The van der Waals surface area contributed by atoms with E-state index >= 15 is 0 Å². The number of halogens is 1. The summed E-state index contributed by atoms with van der Waals surface area (Å²) in [4.78, 5) is 22.7. The first-order chi connectivity index (χ1) is 12.7. The van der Waals surface area contributed by atoms with Crippen molar-refractivity contribution in [2.24, 2.45) is 0 Å². The van der Waals surface area contributed by atoms with E-state index < -0.39 is 32.1 Å². The number of hydrogen-bond acceptors (Lipinski definition) is 5. The second kappa shape index (κ2) is 6.73. The van der Waals surface area contributed by atoms with Gasteiger partial charge >= 0.3 is 0 Å². The maximum Gasteiger partial charge on any atom is 0.270 e. The zero-order valence-electron chi connectivity index (χ0n) is 14.4. The predicted molar refractivity (Wildman–Crippen MR) is 95.1 cm³/mol. The zero-order chi connectivity index (χ0) is 19.8. The lowest BCUT2D eigenvalue weighted by molar-refractivity contribution is -0.385. The number of carbonyl (C=O) groups is 1. The number of amides is 1. The molecule has 7 nitrogen and oxygen atoms in total. The molecule has 142 valence electrons. The fourth-order valence-corrected chi connectivity index (χ4v) is 4.53. The average molecular weight is 392 g/mol. The van der Waals surface area contributed by atoms with E-state index in [1.807, 2.05) is 0 Å². The van der Waals surface area contributed by atoms with Gasteiger partial charge in [-0.1, -0.05) is 24.6 Å². The molecule has 27 heavy (non-hydrogen) atoms. The lowest BCUT2D eigenvalue weighted by atomic mass is 9.64. The van der Waals surface area contributed by atoms with Gasteiger partial charge in [0.15, 0.2) is 0 Å². The monoisotopic (exact) mass is 392 g/mol. The van der Waals surface area contributed by atoms with Crippen molar-refractivity contribution < 1.29 is 22.5 Å². The third-order valence-electron chi connectivity index (χ3n) is 4.94. The fraction of sp³-hybridized carbons (Fsp3) is 0.278. The topological polar surface area (TPSA) is 106 Å². The number of aryl methyl sites for hydroxylation is 1. The molecule has 0 spiro atoms. The smallest absolute Gasteiger partial charge is 0.270 e. The second-order valence-electron chi connectivity index (χ2n) is 6.58. The third-order valence-corrected chi connectivity index (χ3v) is 6.41. The van der Waals surface area contributed by atoms with Crippen LogP contribution in [0.5, 0.6) is 0 Å². The molecule has 0 saturated heterocycles. The van der Waals surface area contributed by atoms with Gasteiger partial charge < -0.3 is 0 Å². The first-order valence-electron chi connectivity index (χ1n) is 8.24. The second-order valence-corrected chi connectivity index (χ2v) is 8.23. The Morgan fingerprint density at radius 1 is 1.19 bits per heavy atom. The van der Waals surface area contributed by atoms with Crippen molar-refractivity contribution in [1.29, 1.82) is 0 Å². The number of nitro groups is 1. The molecular formula is C18H17FN2O5S. The first-order valence-corrected chi connectivity index (χ1v) is 9.72. The Morgan fingerprint density at radius 3 is 2.33 bits per heavy atom. The molecule has 1 saturated carbocycles. The molecule has 0 radical (unpaired) electrons. The maximum absolute atomic E-state index is 13.2. The molecule has 0 aliphatic heterocycles. The molecule has 1 N–H and O–H groups in total. The number of hydrogen-bond donors (Lipinski definition) is 1. The molecule has 9 heteroatoms. The summed E-state index contributed by atoms with van der Waals surface area (Å²) in [6.45, 7) is 1.49. The Labute approximate surface area is 155 Å². The number of nitrogens with zero attached hydrogens (tertiary/aromatic N) is 1. The summed E-state index contributed by atoms with van der Waals surface area (Å²) in [6, 6.07) is 8.83. The van der Waals surface area contributed by atoms with Crippen molar-refractivity contribution in [3.05, 3.63) is 69.5 Å². The van der Waals surface area contributed by atoms with Gasteiger partial charge in [0.05, 0.1) is 15.2 Å². The van der Waals surface area contributed by atoms with Crippen molar-refractivity contribution in [3.63, 3.8) is 0 Å². The van der Waals surface area contributed by atoms with Gasteiger partial charge in [0.1, 0.15) is 5.82 Å². The van der Waals surface area contributed by atoms with Gasteiger partial charge in [-0.3, -0.25) is 14.9 Å². The standard InChI is InChI=1S/C18H17FN2O5S/c1-12-3-8-15(21(23)24)11-16(12)27(25,26)20-17(22)18(9-2-10-18)13-4-6-14(19)7-5-13/h3-8,11H,2,9-10H2,1H3,(H,20,22). The number of nitrogens with one attached hydrogen (secondary N) is 1. The van der Waals surface area contributed by atoms with Crippen LogP contribution in [0.3, 0.4) is 0 Å². The molecule has 1 aliphatic rings. The van der Waals surface area contributed by atoms with Crippen LogP contribution in [0.1, 0.15) is 30.4 Å². The minimum atomic E-state index is -4.30. The Hall–Kier alpha value is -2.81. The number of non-ortho nitro benzene ring substituents is 1. The highest BCUT2D eigenvalue weighted by Crippen LogP contribution is 2.44. The van der Waals surface area contributed by atoms with E-state index in [0.29, 0.717) is 18.4 Å². The summed E-state index contributed by atoms with van der Waals surface area (Å²) in [5.74, 6) is -1.17. The third kappa shape index (κ3) is 3.42. The van der Waals surface area contributed by atoms with E-state index in [2.05, 4.69) is 4.72 Å². The average Bonchev–Trinajstić information content (AvgIpc) is 2.55. The van der Waals surface area contributed by atoms with Crippen LogP contribution in [0.2, 0.25) is 0 Å². The highest BCUT2D eigenvalue weighted by atomic mass is 32.2. The highest BCUT2D eigenvalue weighted by Gasteiger charge is 2.47. The van der Waals surface area contributed by atoms with Crippen molar-refractivity contribution >= 4 is 21.6 Å². The van der Waals surface area contributed by atoms with Crippen LogP contribution in [-0.2, 0) is 20.2 Å². The van der Waals surface area contributed by atoms with Crippen LogP contribution in [0.4, 0.5) is 10.1 Å². The molecule has 0 heterocycles. The maximum atomic E-state index is 13.2. The molecule has 0 aromatic heterocycles. The number of carbonyl (C=O) groups excluding carboxylic acids is 1. The van der Waals surface area contributed by atoms with Crippen LogP contribution in [0, 0.1) is 22.9 Å². The number of nitro benzene ring substituents is 1. The van der Waals surface area contributed by atoms with Crippen molar-refractivity contribution in [3.8, 4) is 0 Å². The number of sulfonamides is 1. The summed E-state index contributed by atoms with van der Waals surface area (Å²) in [7, 11) is -4.30. The number of benzene rings is 2. The molecule has 1 aliphatic carbocycles. The minimum Gasteiger partial charge on any atom is -0.273 e. The molecule has 1 amide bonds. The highest BCUT2D eigenvalue weighted by molar-refractivity contribution is 7.90. The normalized spacial score (nSPS) is 15.6. The van der Waals surface area contributed by atoms with E-state index in [1.54, 1.807) is 0 Å². The zero-order valence-corrected chi connectivity index (χ0v) is 15.3. The van der Waals surface area contributed by atoms with E-state index in [1.165, 1.54) is 43.3 Å². The Bertz CT molecular complexity index is 1010. The van der Waals surface area contributed by atoms with Crippen LogP contribution < -0.4 is 4.72 Å². The molecule has 0 atom stereocenters. The predicted octanol–water partition coefficient (Wildman–Crippen LogP) is 2.97. The largest absolute Gasteiger partial charge is 0.273 e. The van der Waals surface area contributed by atoms with Gasteiger partial charge in [-0.25, -0.2) is 17.5 Å². The van der Waals surface area contributed by atoms with Gasteiger partial charge in [0.2, 0.25) is 5.91 Å². The van der Waals surface area contributed by atoms with Crippen LogP contribution in [0.25, 0.3) is 0 Å². The molecule has 2 aromatic carbocycles. The lowest BCUT2D eigenvalue weighted by Gasteiger charge is -2.40. The summed E-state index contributed by atoms with van der Waals surface area (Å²) in [5.41, 5.74) is -0.607. The lowest BCUT2D eigenvalue weighted by Crippen LogP contribution is -2.50. The fourth-order valence-electron chi connectivity index (χ4n) is 3.21. The van der Waals surface area contributed by atoms with Crippen LogP contribution in [0.15, 0.2) is 47.4 Å². The summed E-state index contributed by atoms with van der Waals surface area (Å²) in [6.07, 6.45) is 1.61. The molecule has 3 rings (SSSR count). The van der Waals surface area contributed by atoms with Crippen molar-refractivity contribution in [2.45, 2.75) is 36.5 Å². The summed E-state index contributed by atoms with van der Waals surface area (Å²) < 4.78 is 40.6. The number of rotatable bonds is 5. The Balaban J connectivity index is 1.93. The van der Waals surface area contributed by atoms with Gasteiger partial charge in [0.25, 0.3) is 15.7 Å². The van der Waals surface area contributed by atoms with E-state index in [4.69, 9.17) is 0 Å². The van der Waals surface area contributed by atoms with Gasteiger partial charge in [-0.2, -0.15) is 0 Å². The Kier molecular flexibility index (Phi) is 4.73. The Morgan fingerprint density at radius 2 is 1.81 bits per heavy atom.